The van der Waals surface area contributed by atoms with Crippen LogP contribution >= 0.6 is 0 Å². The van der Waals surface area contributed by atoms with Crippen LogP contribution in [-0.4, -0.2) is 43.1 Å². The number of ketones is 1. The second kappa shape index (κ2) is 7.01. The number of carbonyl (C=O) groups excluding carboxylic acids is 2. The number of hydrogen-bond acceptors (Lipinski definition) is 5. The average molecular weight is 454 g/mol. The molecular formula is C21H12F6N2O3. The average Bonchev–Trinajstić information content (AvgIpc) is 3.63. The van der Waals surface area contributed by atoms with Gasteiger partial charge in [0.1, 0.15) is 0 Å². The van der Waals surface area contributed by atoms with Gasteiger partial charge in [-0.2, -0.15) is 26.3 Å². The van der Waals surface area contributed by atoms with E-state index in [2.05, 4.69) is 9.98 Å². The lowest BCUT2D eigenvalue weighted by atomic mass is 9.95. The van der Waals surface area contributed by atoms with Crippen LogP contribution in [0.4, 0.5) is 26.3 Å². The summed E-state index contributed by atoms with van der Waals surface area (Å²) in [6.07, 6.45) is -7.78. The van der Waals surface area contributed by atoms with Crippen LogP contribution in [0.15, 0.2) is 58.5 Å². The molecule has 0 saturated carbocycles. The molecule has 0 amide bonds. The Morgan fingerprint density at radius 2 is 1.31 bits per heavy atom. The van der Waals surface area contributed by atoms with Crippen molar-refractivity contribution >= 4 is 24.2 Å². The summed E-state index contributed by atoms with van der Waals surface area (Å²) in [6, 6.07) is 9.12. The fourth-order valence-corrected chi connectivity index (χ4v) is 3.14. The zero-order valence-electron chi connectivity index (χ0n) is 15.9. The molecule has 2 aromatic rings. The van der Waals surface area contributed by atoms with Gasteiger partial charge in [-0.3, -0.25) is 14.8 Å². The minimum atomic E-state index is -4.66. The second-order valence-electron chi connectivity index (χ2n) is 7.20. The van der Waals surface area contributed by atoms with Gasteiger partial charge in [0.2, 0.25) is 11.1 Å². The first-order chi connectivity index (χ1) is 14.9. The van der Waals surface area contributed by atoms with E-state index in [9.17, 15) is 35.9 Å². The van der Waals surface area contributed by atoms with E-state index in [1.165, 1.54) is 18.2 Å². The summed E-state index contributed by atoms with van der Waals surface area (Å²) in [6.45, 7) is -0.746. The molecule has 166 valence electrons. The molecule has 4 rings (SSSR count). The van der Waals surface area contributed by atoms with Crippen molar-refractivity contribution in [3.63, 3.8) is 0 Å². The standard InChI is InChI=1S/C21H12F6N2O3/c22-20(23,24)18(10-28-18)14-6-4-12(5-7-14)16(30)9-32-17(31)13-2-1-3-15(8-13)19(11-29-19)21(25,26)27/h1-8,10-11H,9H2. The zero-order valence-corrected chi connectivity index (χ0v) is 15.9. The van der Waals surface area contributed by atoms with Crippen molar-refractivity contribution in [2.45, 2.75) is 23.4 Å². The number of nitrogens with zero attached hydrogens (tertiary/aromatic N) is 2. The highest BCUT2D eigenvalue weighted by Gasteiger charge is 2.62. The summed E-state index contributed by atoms with van der Waals surface area (Å²) in [4.78, 5) is 31.0. The van der Waals surface area contributed by atoms with Gasteiger partial charge in [-0.25, -0.2) is 4.79 Å². The van der Waals surface area contributed by atoms with Crippen molar-refractivity contribution in [1.82, 2.24) is 0 Å². The topological polar surface area (TPSA) is 68.1 Å². The maximum Gasteiger partial charge on any atom is 0.422 e. The minimum absolute atomic E-state index is 0.00400. The Balaban J connectivity index is 1.40. The third-order valence-electron chi connectivity index (χ3n) is 5.16. The number of halogens is 6. The third-order valence-corrected chi connectivity index (χ3v) is 5.16. The number of carbonyl (C=O) groups is 2. The molecule has 2 unspecified atom stereocenters. The Morgan fingerprint density at radius 3 is 1.81 bits per heavy atom. The minimum Gasteiger partial charge on any atom is -0.454 e. The molecule has 32 heavy (non-hydrogen) atoms. The van der Waals surface area contributed by atoms with Gasteiger partial charge in [0.25, 0.3) is 0 Å². The van der Waals surface area contributed by atoms with Crippen LogP contribution in [0.1, 0.15) is 31.8 Å². The van der Waals surface area contributed by atoms with Gasteiger partial charge in [-0.15, -0.1) is 0 Å². The predicted molar refractivity (Wildman–Crippen MR) is 99.9 cm³/mol. The van der Waals surface area contributed by atoms with E-state index in [1.807, 2.05) is 0 Å². The maximum atomic E-state index is 13.2. The van der Waals surface area contributed by atoms with Gasteiger partial charge in [0, 0.05) is 18.0 Å². The van der Waals surface area contributed by atoms with Crippen LogP contribution in [0, 0.1) is 0 Å². The van der Waals surface area contributed by atoms with Crippen molar-refractivity contribution in [3.8, 4) is 0 Å². The van der Waals surface area contributed by atoms with Crippen molar-refractivity contribution in [2.24, 2.45) is 9.98 Å². The van der Waals surface area contributed by atoms with E-state index < -0.39 is 41.8 Å². The van der Waals surface area contributed by atoms with Gasteiger partial charge in [-0.1, -0.05) is 36.4 Å². The van der Waals surface area contributed by atoms with Gasteiger partial charge in [0.05, 0.1) is 5.56 Å². The van der Waals surface area contributed by atoms with Crippen LogP contribution in [0.2, 0.25) is 0 Å². The maximum absolute atomic E-state index is 13.2. The lowest BCUT2D eigenvalue weighted by molar-refractivity contribution is -0.156. The summed E-state index contributed by atoms with van der Waals surface area (Å²) < 4.78 is 83.6. The summed E-state index contributed by atoms with van der Waals surface area (Å²) in [7, 11) is 0. The third kappa shape index (κ3) is 3.57. The Kier molecular flexibility index (Phi) is 4.76. The molecule has 0 fully saturated rings. The van der Waals surface area contributed by atoms with E-state index in [4.69, 9.17) is 4.74 Å². The molecular weight excluding hydrogens is 442 g/mol. The largest absolute Gasteiger partial charge is 0.454 e. The lowest BCUT2D eigenvalue weighted by Gasteiger charge is -2.18. The first kappa shape index (κ1) is 21.7. The number of ether oxygens (including phenoxy) is 1. The fourth-order valence-electron chi connectivity index (χ4n) is 3.14. The van der Waals surface area contributed by atoms with Crippen LogP contribution in [0.3, 0.4) is 0 Å². The number of rotatable bonds is 6. The highest BCUT2D eigenvalue weighted by Crippen LogP contribution is 2.48. The molecule has 5 nitrogen and oxygen atoms in total. The zero-order chi connectivity index (χ0) is 23.4. The molecule has 0 aliphatic carbocycles. The Morgan fingerprint density at radius 1 is 0.781 bits per heavy atom. The Labute approximate surface area is 176 Å². The van der Waals surface area contributed by atoms with Gasteiger partial charge >= 0.3 is 18.3 Å². The molecule has 0 saturated heterocycles. The van der Waals surface area contributed by atoms with Crippen molar-refractivity contribution < 1.29 is 40.7 Å². The van der Waals surface area contributed by atoms with E-state index >= 15 is 0 Å². The van der Waals surface area contributed by atoms with E-state index in [1.54, 1.807) is 0 Å². The van der Waals surface area contributed by atoms with Crippen LogP contribution in [-0.2, 0) is 15.8 Å². The van der Waals surface area contributed by atoms with Crippen molar-refractivity contribution in [1.29, 1.82) is 0 Å². The summed E-state index contributed by atoms with van der Waals surface area (Å²) in [5.41, 5.74) is -5.46. The molecule has 2 heterocycles. The van der Waals surface area contributed by atoms with Crippen LogP contribution < -0.4 is 0 Å². The molecule has 0 N–H and O–H groups in total. The molecule has 0 aromatic heterocycles. The fraction of sp³-hybridized carbons (Fsp3) is 0.238. The van der Waals surface area contributed by atoms with E-state index in [0.29, 0.717) is 0 Å². The van der Waals surface area contributed by atoms with Crippen molar-refractivity contribution in [3.05, 3.63) is 70.8 Å². The van der Waals surface area contributed by atoms with Crippen molar-refractivity contribution in [2.75, 3.05) is 6.61 Å². The molecule has 0 bridgehead atoms. The number of hydrogen-bond donors (Lipinski definition) is 0. The quantitative estimate of drug-likeness (QED) is 0.369. The highest BCUT2D eigenvalue weighted by atomic mass is 19.4. The van der Waals surface area contributed by atoms with Gasteiger partial charge in [-0.05, 0) is 23.3 Å². The molecule has 2 aliphatic rings. The summed E-state index contributed by atoms with van der Waals surface area (Å²) in [5.74, 6) is -1.73. The Hall–Kier alpha value is -3.50. The molecule has 11 heteroatoms. The number of aliphatic imine (C=N–C) groups is 2. The molecule has 2 aliphatic heterocycles. The van der Waals surface area contributed by atoms with Gasteiger partial charge in [0.15, 0.2) is 12.4 Å². The lowest BCUT2D eigenvalue weighted by Crippen LogP contribution is -2.32. The normalized spacial score (nSPS) is 23.7. The SMILES string of the molecule is O=C(COC(=O)c1cccc(C2(C(F)(F)F)C=N2)c1)c1ccc(C2(C(F)(F)F)C=N2)cc1. The molecule has 0 spiro atoms. The molecule has 2 atom stereocenters. The van der Waals surface area contributed by atoms with E-state index in [-0.39, 0.29) is 22.3 Å². The van der Waals surface area contributed by atoms with Crippen LogP contribution in [0.25, 0.3) is 0 Å². The molecule has 2 aromatic carbocycles. The smallest absolute Gasteiger partial charge is 0.422 e. The Bertz CT molecular complexity index is 1140. The summed E-state index contributed by atoms with van der Waals surface area (Å²) in [5, 5.41) is 0. The number of alkyl halides is 6. The predicted octanol–water partition coefficient (Wildman–Crippen LogP) is 4.41. The monoisotopic (exact) mass is 454 g/mol. The van der Waals surface area contributed by atoms with Gasteiger partial charge < -0.3 is 4.74 Å². The second-order valence-corrected chi connectivity index (χ2v) is 7.20. The first-order valence-electron chi connectivity index (χ1n) is 9.07. The van der Waals surface area contributed by atoms with Crippen LogP contribution in [0.5, 0.6) is 0 Å². The molecule has 0 radical (unpaired) electrons. The van der Waals surface area contributed by atoms with E-state index in [0.717, 1.165) is 42.8 Å². The number of benzene rings is 2. The summed E-state index contributed by atoms with van der Waals surface area (Å²) >= 11 is 0. The number of esters is 1. The first-order valence-corrected chi connectivity index (χ1v) is 9.07. The highest BCUT2D eigenvalue weighted by molar-refractivity contribution is 6.00. The number of Topliss-reactive ketones (excluding diaryl/α,β-unsaturated/α-hetero) is 1.